The summed E-state index contributed by atoms with van der Waals surface area (Å²) < 4.78 is 5.25. The van der Waals surface area contributed by atoms with Crippen LogP contribution in [0.25, 0.3) is 0 Å². The molecule has 0 atom stereocenters. The molecule has 0 radical (unpaired) electrons. The third-order valence-corrected chi connectivity index (χ3v) is 2.98. The van der Waals surface area contributed by atoms with E-state index >= 15 is 0 Å². The first-order valence-electron chi connectivity index (χ1n) is 6.32. The molecule has 0 heterocycles. The number of hydrogen-bond donors (Lipinski definition) is 2. The maximum absolute atomic E-state index is 12.3. The fraction of sp³-hybridized carbons (Fsp3) is 0.125. The standard InChI is InChI=1S/C16H14N2O3/c1-11-12(5-4-7-14(11)19)16(20)18-13-6-2-3-8-15(13)21-10-9-17/h2-8,19H,10H2,1H3,(H,18,20). The molecule has 0 unspecified atom stereocenters. The van der Waals surface area contributed by atoms with Gasteiger partial charge in [-0.25, -0.2) is 0 Å². The molecule has 0 aliphatic rings. The molecule has 5 nitrogen and oxygen atoms in total. The van der Waals surface area contributed by atoms with Gasteiger partial charge in [0.2, 0.25) is 0 Å². The zero-order chi connectivity index (χ0) is 15.2. The Morgan fingerprint density at radius 3 is 2.81 bits per heavy atom. The van der Waals surface area contributed by atoms with E-state index in [0.717, 1.165) is 0 Å². The average molecular weight is 282 g/mol. The summed E-state index contributed by atoms with van der Waals surface area (Å²) in [5.74, 6) is 0.137. The lowest BCUT2D eigenvalue weighted by Crippen LogP contribution is -2.14. The van der Waals surface area contributed by atoms with Gasteiger partial charge in [0.25, 0.3) is 5.91 Å². The van der Waals surface area contributed by atoms with Crippen LogP contribution in [0.2, 0.25) is 0 Å². The molecular formula is C16H14N2O3. The van der Waals surface area contributed by atoms with E-state index in [0.29, 0.717) is 22.6 Å². The van der Waals surface area contributed by atoms with Gasteiger partial charge >= 0.3 is 0 Å². The number of amides is 1. The molecule has 5 heteroatoms. The largest absolute Gasteiger partial charge is 0.508 e. The van der Waals surface area contributed by atoms with Gasteiger partial charge in [0.1, 0.15) is 17.6 Å². The number of para-hydroxylation sites is 2. The number of anilines is 1. The molecule has 0 saturated carbocycles. The molecule has 106 valence electrons. The molecule has 2 rings (SSSR count). The fourth-order valence-corrected chi connectivity index (χ4v) is 1.86. The molecule has 0 aliphatic heterocycles. The molecule has 2 N–H and O–H groups in total. The third-order valence-electron chi connectivity index (χ3n) is 2.98. The van der Waals surface area contributed by atoms with Crippen molar-refractivity contribution in [3.05, 3.63) is 53.6 Å². The molecular weight excluding hydrogens is 268 g/mol. The number of carbonyl (C=O) groups excluding carboxylic acids is 1. The van der Waals surface area contributed by atoms with Gasteiger partial charge in [0.15, 0.2) is 6.61 Å². The van der Waals surface area contributed by atoms with Gasteiger partial charge in [-0.1, -0.05) is 18.2 Å². The molecule has 2 aromatic carbocycles. The number of phenolic OH excluding ortho intramolecular Hbond substituents is 1. The second-order valence-corrected chi connectivity index (χ2v) is 4.35. The number of aromatic hydroxyl groups is 1. The smallest absolute Gasteiger partial charge is 0.256 e. The number of ether oxygens (including phenoxy) is 1. The number of nitriles is 1. The number of nitrogens with zero attached hydrogens (tertiary/aromatic N) is 1. The summed E-state index contributed by atoms with van der Waals surface area (Å²) in [5, 5.41) is 20.9. The van der Waals surface area contributed by atoms with E-state index in [1.165, 1.54) is 6.07 Å². The second-order valence-electron chi connectivity index (χ2n) is 4.35. The number of nitrogens with one attached hydrogen (secondary N) is 1. The van der Waals surface area contributed by atoms with Crippen LogP contribution >= 0.6 is 0 Å². The summed E-state index contributed by atoms with van der Waals surface area (Å²) in [5.41, 5.74) is 1.36. The Kier molecular flexibility index (Phi) is 4.42. The summed E-state index contributed by atoms with van der Waals surface area (Å²) in [4.78, 5) is 12.3. The first-order valence-corrected chi connectivity index (χ1v) is 6.32. The molecule has 1 amide bonds. The van der Waals surface area contributed by atoms with Crippen molar-refractivity contribution in [2.24, 2.45) is 0 Å². The first kappa shape index (κ1) is 14.4. The van der Waals surface area contributed by atoms with Gasteiger partial charge in [0, 0.05) is 11.1 Å². The van der Waals surface area contributed by atoms with E-state index in [1.54, 1.807) is 43.3 Å². The minimum Gasteiger partial charge on any atom is -0.508 e. The molecule has 0 fully saturated rings. The van der Waals surface area contributed by atoms with E-state index in [2.05, 4.69) is 5.32 Å². The Balaban J connectivity index is 2.24. The Morgan fingerprint density at radius 2 is 2.05 bits per heavy atom. The predicted octanol–water partition coefficient (Wildman–Crippen LogP) is 2.86. The molecule has 0 aromatic heterocycles. The summed E-state index contributed by atoms with van der Waals surface area (Å²) >= 11 is 0. The number of phenols is 1. The number of benzene rings is 2. The van der Waals surface area contributed by atoms with Gasteiger partial charge in [-0.2, -0.15) is 5.26 Å². The van der Waals surface area contributed by atoms with Gasteiger partial charge < -0.3 is 15.2 Å². The van der Waals surface area contributed by atoms with E-state index in [4.69, 9.17) is 10.00 Å². The lowest BCUT2D eigenvalue weighted by Gasteiger charge is -2.12. The normalized spacial score (nSPS) is 9.71. The van der Waals surface area contributed by atoms with Crippen LogP contribution < -0.4 is 10.1 Å². The second kappa shape index (κ2) is 6.44. The number of carbonyl (C=O) groups is 1. The quantitative estimate of drug-likeness (QED) is 0.903. The van der Waals surface area contributed by atoms with Crippen LogP contribution in [0.5, 0.6) is 11.5 Å². The molecule has 0 aliphatic carbocycles. The SMILES string of the molecule is Cc1c(O)cccc1C(=O)Nc1ccccc1OCC#N. The predicted molar refractivity (Wildman–Crippen MR) is 78.3 cm³/mol. The van der Waals surface area contributed by atoms with Crippen molar-refractivity contribution in [3.63, 3.8) is 0 Å². The topological polar surface area (TPSA) is 82.3 Å². The highest BCUT2D eigenvalue weighted by Crippen LogP contribution is 2.26. The van der Waals surface area contributed by atoms with E-state index in [1.807, 2.05) is 6.07 Å². The van der Waals surface area contributed by atoms with E-state index in [-0.39, 0.29) is 18.3 Å². The Hall–Kier alpha value is -3.00. The molecule has 0 bridgehead atoms. The molecule has 0 spiro atoms. The van der Waals surface area contributed by atoms with Crippen LogP contribution in [0.3, 0.4) is 0 Å². The van der Waals surface area contributed by atoms with Crippen molar-refractivity contribution in [2.45, 2.75) is 6.92 Å². The van der Waals surface area contributed by atoms with Gasteiger partial charge in [0.05, 0.1) is 5.69 Å². The van der Waals surface area contributed by atoms with Crippen LogP contribution in [0.15, 0.2) is 42.5 Å². The molecule has 21 heavy (non-hydrogen) atoms. The zero-order valence-corrected chi connectivity index (χ0v) is 11.5. The van der Waals surface area contributed by atoms with Crippen LogP contribution in [0.1, 0.15) is 15.9 Å². The van der Waals surface area contributed by atoms with Crippen LogP contribution in [0, 0.1) is 18.3 Å². The average Bonchev–Trinajstić information content (AvgIpc) is 2.49. The van der Waals surface area contributed by atoms with Crippen LogP contribution in [-0.4, -0.2) is 17.6 Å². The maximum atomic E-state index is 12.3. The maximum Gasteiger partial charge on any atom is 0.256 e. The Morgan fingerprint density at radius 1 is 1.29 bits per heavy atom. The van der Waals surface area contributed by atoms with E-state index in [9.17, 15) is 9.90 Å². The fourth-order valence-electron chi connectivity index (χ4n) is 1.86. The summed E-state index contributed by atoms with van der Waals surface area (Å²) in [6, 6.07) is 13.5. The minimum absolute atomic E-state index is 0.0664. The van der Waals surface area contributed by atoms with Crippen LogP contribution in [-0.2, 0) is 0 Å². The van der Waals surface area contributed by atoms with Crippen molar-refractivity contribution in [3.8, 4) is 17.6 Å². The van der Waals surface area contributed by atoms with Crippen molar-refractivity contribution in [2.75, 3.05) is 11.9 Å². The summed E-state index contributed by atoms with van der Waals surface area (Å²) in [6.45, 7) is 1.57. The summed E-state index contributed by atoms with van der Waals surface area (Å²) in [7, 11) is 0. The third kappa shape index (κ3) is 3.31. The van der Waals surface area contributed by atoms with Crippen molar-refractivity contribution in [1.29, 1.82) is 5.26 Å². The lowest BCUT2D eigenvalue weighted by atomic mass is 10.1. The van der Waals surface area contributed by atoms with Crippen molar-refractivity contribution < 1.29 is 14.6 Å². The minimum atomic E-state index is -0.351. The Labute approximate surface area is 122 Å². The lowest BCUT2D eigenvalue weighted by molar-refractivity contribution is 0.102. The van der Waals surface area contributed by atoms with Crippen molar-refractivity contribution in [1.82, 2.24) is 0 Å². The highest BCUT2D eigenvalue weighted by molar-refractivity contribution is 6.06. The highest BCUT2D eigenvalue weighted by Gasteiger charge is 2.13. The van der Waals surface area contributed by atoms with Crippen LogP contribution in [0.4, 0.5) is 5.69 Å². The van der Waals surface area contributed by atoms with Gasteiger partial charge in [-0.3, -0.25) is 4.79 Å². The monoisotopic (exact) mass is 282 g/mol. The van der Waals surface area contributed by atoms with Crippen molar-refractivity contribution >= 4 is 11.6 Å². The Bertz CT molecular complexity index is 705. The van der Waals surface area contributed by atoms with Gasteiger partial charge in [-0.05, 0) is 31.2 Å². The van der Waals surface area contributed by atoms with Gasteiger partial charge in [-0.15, -0.1) is 0 Å². The molecule has 0 saturated heterocycles. The number of rotatable bonds is 4. The van der Waals surface area contributed by atoms with E-state index < -0.39 is 0 Å². The zero-order valence-electron chi connectivity index (χ0n) is 11.5. The first-order chi connectivity index (χ1) is 10.1. The number of hydrogen-bond acceptors (Lipinski definition) is 4. The molecule has 2 aromatic rings. The highest BCUT2D eigenvalue weighted by atomic mass is 16.5. The summed E-state index contributed by atoms with van der Waals surface area (Å²) in [6.07, 6.45) is 0.